The predicted octanol–water partition coefficient (Wildman–Crippen LogP) is 1.11. The SMILES string of the molecule is COc1ccc(C(=O)N2CCN(C(=O)C3CCC(N)C3)CC2)cc1. The molecular formula is C18H25N3O3. The topological polar surface area (TPSA) is 75.9 Å². The smallest absolute Gasteiger partial charge is 0.253 e. The van der Waals surface area contributed by atoms with Gasteiger partial charge >= 0.3 is 0 Å². The Balaban J connectivity index is 1.54. The number of hydrogen-bond donors (Lipinski definition) is 1. The van der Waals surface area contributed by atoms with E-state index in [1.807, 2.05) is 9.80 Å². The summed E-state index contributed by atoms with van der Waals surface area (Å²) in [5.41, 5.74) is 6.56. The minimum atomic E-state index is 0.00707. The van der Waals surface area contributed by atoms with Crippen LogP contribution >= 0.6 is 0 Å². The van der Waals surface area contributed by atoms with Gasteiger partial charge in [-0.1, -0.05) is 0 Å². The third-order valence-electron chi connectivity index (χ3n) is 5.04. The van der Waals surface area contributed by atoms with Crippen molar-refractivity contribution in [3.8, 4) is 5.75 Å². The van der Waals surface area contributed by atoms with Crippen molar-refractivity contribution in [3.63, 3.8) is 0 Å². The van der Waals surface area contributed by atoms with E-state index in [9.17, 15) is 9.59 Å². The normalized spacial score (nSPS) is 24.1. The largest absolute Gasteiger partial charge is 0.497 e. The lowest BCUT2D eigenvalue weighted by atomic mass is 10.1. The first-order valence-corrected chi connectivity index (χ1v) is 8.56. The van der Waals surface area contributed by atoms with Gasteiger partial charge in [0, 0.05) is 43.7 Å². The highest BCUT2D eigenvalue weighted by molar-refractivity contribution is 5.94. The number of rotatable bonds is 3. The summed E-state index contributed by atoms with van der Waals surface area (Å²) in [5.74, 6) is 1.02. The van der Waals surface area contributed by atoms with Crippen molar-refractivity contribution in [1.29, 1.82) is 0 Å². The lowest BCUT2D eigenvalue weighted by Gasteiger charge is -2.36. The first-order valence-electron chi connectivity index (χ1n) is 8.56. The van der Waals surface area contributed by atoms with Crippen LogP contribution in [0.5, 0.6) is 5.75 Å². The molecule has 2 unspecified atom stereocenters. The fraction of sp³-hybridized carbons (Fsp3) is 0.556. The number of hydrogen-bond acceptors (Lipinski definition) is 4. The summed E-state index contributed by atoms with van der Waals surface area (Å²) in [7, 11) is 1.60. The van der Waals surface area contributed by atoms with Gasteiger partial charge in [-0.05, 0) is 43.5 Å². The highest BCUT2D eigenvalue weighted by atomic mass is 16.5. The van der Waals surface area contributed by atoms with Crippen LogP contribution in [0.25, 0.3) is 0 Å². The fourth-order valence-electron chi connectivity index (χ4n) is 3.55. The van der Waals surface area contributed by atoms with E-state index in [1.54, 1.807) is 31.4 Å². The lowest BCUT2D eigenvalue weighted by Crippen LogP contribution is -2.51. The van der Waals surface area contributed by atoms with Crippen LogP contribution in [0.4, 0.5) is 0 Å². The molecule has 1 aromatic carbocycles. The maximum absolute atomic E-state index is 12.5. The quantitative estimate of drug-likeness (QED) is 0.900. The number of carbonyl (C=O) groups is 2. The molecule has 2 amide bonds. The minimum absolute atomic E-state index is 0.00707. The highest BCUT2D eigenvalue weighted by Crippen LogP contribution is 2.26. The molecule has 6 nitrogen and oxygen atoms in total. The monoisotopic (exact) mass is 331 g/mol. The molecule has 0 aromatic heterocycles. The van der Waals surface area contributed by atoms with E-state index in [0.29, 0.717) is 31.7 Å². The van der Waals surface area contributed by atoms with Gasteiger partial charge in [0.05, 0.1) is 7.11 Å². The molecule has 1 aromatic rings. The molecular weight excluding hydrogens is 306 g/mol. The molecule has 0 radical (unpaired) electrons. The Hall–Kier alpha value is -2.08. The Kier molecular flexibility index (Phi) is 5.04. The summed E-state index contributed by atoms with van der Waals surface area (Å²) in [5, 5.41) is 0. The van der Waals surface area contributed by atoms with Crippen LogP contribution in [0.15, 0.2) is 24.3 Å². The van der Waals surface area contributed by atoms with Crippen LogP contribution in [-0.4, -0.2) is 60.9 Å². The summed E-state index contributed by atoms with van der Waals surface area (Å²) in [6, 6.07) is 7.29. The molecule has 2 N–H and O–H groups in total. The molecule has 2 aliphatic rings. The number of methoxy groups -OCH3 is 1. The second-order valence-electron chi connectivity index (χ2n) is 6.62. The zero-order valence-corrected chi connectivity index (χ0v) is 14.1. The molecule has 1 saturated heterocycles. The van der Waals surface area contributed by atoms with Gasteiger partial charge in [0.1, 0.15) is 5.75 Å². The number of benzene rings is 1. The number of ether oxygens (including phenoxy) is 1. The van der Waals surface area contributed by atoms with Crippen molar-refractivity contribution in [2.45, 2.75) is 25.3 Å². The Morgan fingerprint density at radius 2 is 1.67 bits per heavy atom. The van der Waals surface area contributed by atoms with Gasteiger partial charge in [-0.15, -0.1) is 0 Å². The summed E-state index contributed by atoms with van der Waals surface area (Å²) < 4.78 is 5.11. The molecule has 0 spiro atoms. The van der Waals surface area contributed by atoms with Crippen molar-refractivity contribution < 1.29 is 14.3 Å². The van der Waals surface area contributed by atoms with Gasteiger partial charge < -0.3 is 20.3 Å². The number of nitrogens with zero attached hydrogens (tertiary/aromatic N) is 2. The van der Waals surface area contributed by atoms with Crippen LogP contribution in [-0.2, 0) is 4.79 Å². The average molecular weight is 331 g/mol. The standard InChI is InChI=1S/C18H25N3O3/c1-24-16-6-3-13(4-7-16)17(22)20-8-10-21(11-9-20)18(23)14-2-5-15(19)12-14/h3-4,6-7,14-15H,2,5,8-12,19H2,1H3. The van der Waals surface area contributed by atoms with Crippen molar-refractivity contribution in [2.24, 2.45) is 11.7 Å². The van der Waals surface area contributed by atoms with Gasteiger partial charge in [0.25, 0.3) is 5.91 Å². The van der Waals surface area contributed by atoms with Crippen molar-refractivity contribution in [3.05, 3.63) is 29.8 Å². The number of carbonyl (C=O) groups excluding carboxylic acids is 2. The van der Waals surface area contributed by atoms with Crippen molar-refractivity contribution >= 4 is 11.8 Å². The lowest BCUT2D eigenvalue weighted by molar-refractivity contribution is -0.136. The summed E-state index contributed by atoms with van der Waals surface area (Å²) in [6.45, 7) is 2.36. The maximum atomic E-state index is 12.5. The second-order valence-corrected chi connectivity index (χ2v) is 6.62. The zero-order chi connectivity index (χ0) is 17.1. The molecule has 6 heteroatoms. The second kappa shape index (κ2) is 7.21. The van der Waals surface area contributed by atoms with E-state index in [1.165, 1.54) is 0 Å². The van der Waals surface area contributed by atoms with Crippen LogP contribution < -0.4 is 10.5 Å². The zero-order valence-electron chi connectivity index (χ0n) is 14.1. The molecule has 2 atom stereocenters. The Morgan fingerprint density at radius 1 is 1.04 bits per heavy atom. The summed E-state index contributed by atoms with van der Waals surface area (Å²) >= 11 is 0. The average Bonchev–Trinajstić information content (AvgIpc) is 3.07. The molecule has 24 heavy (non-hydrogen) atoms. The van der Waals surface area contributed by atoms with Gasteiger partial charge in [0.15, 0.2) is 0 Å². The van der Waals surface area contributed by atoms with Crippen LogP contribution in [0.2, 0.25) is 0 Å². The molecule has 1 heterocycles. The van der Waals surface area contributed by atoms with Crippen LogP contribution in [0.1, 0.15) is 29.6 Å². The van der Waals surface area contributed by atoms with Crippen molar-refractivity contribution in [2.75, 3.05) is 33.3 Å². The Bertz CT molecular complexity index is 594. The Morgan fingerprint density at radius 3 is 2.21 bits per heavy atom. The first kappa shape index (κ1) is 16.8. The van der Waals surface area contributed by atoms with Gasteiger partial charge in [-0.2, -0.15) is 0 Å². The third-order valence-corrected chi connectivity index (χ3v) is 5.04. The summed E-state index contributed by atoms with van der Waals surface area (Å²) in [6.07, 6.45) is 2.63. The van der Waals surface area contributed by atoms with E-state index in [4.69, 9.17) is 10.5 Å². The van der Waals surface area contributed by atoms with Crippen LogP contribution in [0, 0.1) is 5.92 Å². The summed E-state index contributed by atoms with van der Waals surface area (Å²) in [4.78, 5) is 28.8. The third kappa shape index (κ3) is 3.53. The Labute approximate surface area is 142 Å². The molecule has 130 valence electrons. The molecule has 3 rings (SSSR count). The molecule has 1 aliphatic carbocycles. The van der Waals surface area contributed by atoms with Gasteiger partial charge in [0.2, 0.25) is 5.91 Å². The first-order chi connectivity index (χ1) is 11.6. The number of nitrogens with two attached hydrogens (primary N) is 1. The van der Waals surface area contributed by atoms with Crippen LogP contribution in [0.3, 0.4) is 0 Å². The molecule has 2 fully saturated rings. The number of amides is 2. The molecule has 1 aliphatic heterocycles. The predicted molar refractivity (Wildman–Crippen MR) is 90.8 cm³/mol. The van der Waals surface area contributed by atoms with E-state index in [0.717, 1.165) is 25.0 Å². The van der Waals surface area contributed by atoms with E-state index < -0.39 is 0 Å². The minimum Gasteiger partial charge on any atom is -0.497 e. The van der Waals surface area contributed by atoms with E-state index >= 15 is 0 Å². The van der Waals surface area contributed by atoms with E-state index in [-0.39, 0.29) is 23.8 Å². The van der Waals surface area contributed by atoms with E-state index in [2.05, 4.69) is 0 Å². The fourth-order valence-corrected chi connectivity index (χ4v) is 3.55. The highest BCUT2D eigenvalue weighted by Gasteiger charge is 2.33. The van der Waals surface area contributed by atoms with Gasteiger partial charge in [-0.25, -0.2) is 0 Å². The van der Waals surface area contributed by atoms with Crippen molar-refractivity contribution in [1.82, 2.24) is 9.80 Å². The molecule has 0 bridgehead atoms. The van der Waals surface area contributed by atoms with Gasteiger partial charge in [-0.3, -0.25) is 9.59 Å². The number of piperazine rings is 1. The molecule has 1 saturated carbocycles. The maximum Gasteiger partial charge on any atom is 0.253 e.